The number of fused-ring (bicyclic) bond motifs is 6. The van der Waals surface area contributed by atoms with Gasteiger partial charge >= 0.3 is 0 Å². The second-order valence-electron chi connectivity index (χ2n) is 15.4. The predicted molar refractivity (Wildman–Crippen MR) is 221 cm³/mol. The van der Waals surface area contributed by atoms with E-state index in [2.05, 4.69) is 197 Å². The first-order valence-corrected chi connectivity index (χ1v) is 18.8. The van der Waals surface area contributed by atoms with Gasteiger partial charge in [-0.2, -0.15) is 0 Å². The van der Waals surface area contributed by atoms with Gasteiger partial charge in [0.05, 0.1) is 11.4 Å². The summed E-state index contributed by atoms with van der Waals surface area (Å²) in [4.78, 5) is 2.49. The van der Waals surface area contributed by atoms with E-state index in [-0.39, 0.29) is 10.8 Å². The third kappa shape index (κ3) is 5.12. The number of benzene rings is 7. The van der Waals surface area contributed by atoms with Gasteiger partial charge in [0.2, 0.25) is 0 Å². The van der Waals surface area contributed by atoms with Crippen LogP contribution in [0.5, 0.6) is 0 Å². The normalized spacial score (nSPS) is 13.4. The Kier molecular flexibility index (Phi) is 7.31. The second-order valence-corrected chi connectivity index (χ2v) is 16.5. The highest BCUT2D eigenvalue weighted by atomic mass is 32.1. The van der Waals surface area contributed by atoms with Crippen LogP contribution in [0.25, 0.3) is 53.6 Å². The first kappa shape index (κ1) is 31.5. The van der Waals surface area contributed by atoms with E-state index in [4.69, 9.17) is 0 Å². The van der Waals surface area contributed by atoms with Gasteiger partial charge in [0, 0.05) is 42.4 Å². The number of rotatable bonds is 5. The van der Waals surface area contributed by atoms with Crippen LogP contribution >= 0.6 is 11.3 Å². The molecule has 2 heteroatoms. The van der Waals surface area contributed by atoms with Gasteiger partial charge < -0.3 is 4.90 Å². The first-order chi connectivity index (χ1) is 24.7. The highest BCUT2D eigenvalue weighted by Gasteiger charge is 2.38. The predicted octanol–water partition coefficient (Wildman–Crippen LogP) is 14.5. The molecule has 0 saturated heterocycles. The van der Waals surface area contributed by atoms with Crippen molar-refractivity contribution in [2.75, 3.05) is 4.90 Å². The Bertz CT molecular complexity index is 2600. The SMILES string of the molecule is CC(C)(C)c1ccc2c(c1)C(C)(C)c1cccc(-c3ccccc3N(c3ccc4sc5ccccc5c4c3)c3ccccc3-c3ccccc3)c1-2. The molecule has 0 unspecified atom stereocenters. The Hall–Kier alpha value is -5.44. The lowest BCUT2D eigenvalue weighted by Crippen LogP contribution is -2.17. The molecule has 0 fully saturated rings. The molecule has 0 spiro atoms. The fourth-order valence-corrected chi connectivity index (χ4v) is 9.25. The molecule has 8 aromatic rings. The Morgan fingerprint density at radius 2 is 1.14 bits per heavy atom. The second kappa shape index (κ2) is 11.8. The molecule has 7 aromatic carbocycles. The van der Waals surface area contributed by atoms with Crippen molar-refractivity contribution >= 4 is 48.6 Å². The van der Waals surface area contributed by atoms with Crippen molar-refractivity contribution in [3.63, 3.8) is 0 Å². The highest BCUT2D eigenvalue weighted by molar-refractivity contribution is 7.25. The molecule has 0 amide bonds. The van der Waals surface area contributed by atoms with Crippen LogP contribution in [0.15, 0.2) is 158 Å². The smallest absolute Gasteiger partial charge is 0.0540 e. The molecule has 248 valence electrons. The van der Waals surface area contributed by atoms with Gasteiger partial charge in [0.25, 0.3) is 0 Å². The molecule has 0 radical (unpaired) electrons. The van der Waals surface area contributed by atoms with Crippen LogP contribution in [0.4, 0.5) is 17.1 Å². The average Bonchev–Trinajstić information content (AvgIpc) is 3.63. The van der Waals surface area contributed by atoms with Crippen molar-refractivity contribution in [1.82, 2.24) is 0 Å². The van der Waals surface area contributed by atoms with E-state index in [1.165, 1.54) is 70.2 Å². The van der Waals surface area contributed by atoms with E-state index in [0.29, 0.717) is 0 Å². The zero-order valence-corrected chi connectivity index (χ0v) is 30.7. The van der Waals surface area contributed by atoms with E-state index in [1.54, 1.807) is 0 Å². The van der Waals surface area contributed by atoms with Crippen LogP contribution in [-0.4, -0.2) is 0 Å². The average molecular weight is 676 g/mol. The first-order valence-electron chi connectivity index (χ1n) is 17.9. The number of thiophene rings is 1. The number of hydrogen-bond donors (Lipinski definition) is 0. The van der Waals surface area contributed by atoms with Crippen molar-refractivity contribution in [3.05, 3.63) is 174 Å². The molecule has 0 aliphatic heterocycles. The molecule has 1 nitrogen and oxygen atoms in total. The molecule has 0 N–H and O–H groups in total. The van der Waals surface area contributed by atoms with E-state index < -0.39 is 0 Å². The van der Waals surface area contributed by atoms with Gasteiger partial charge in [0.15, 0.2) is 0 Å². The molecule has 9 rings (SSSR count). The lowest BCUT2D eigenvalue weighted by molar-refractivity contribution is 0.584. The Labute approximate surface area is 305 Å². The Morgan fingerprint density at radius 3 is 1.92 bits per heavy atom. The van der Waals surface area contributed by atoms with Gasteiger partial charge in [-0.05, 0) is 80.8 Å². The fourth-order valence-electron chi connectivity index (χ4n) is 8.17. The summed E-state index contributed by atoms with van der Waals surface area (Å²) < 4.78 is 2.62. The zero-order chi connectivity index (χ0) is 34.9. The minimum absolute atomic E-state index is 0.0802. The molecular formula is C49H41NS. The molecule has 0 bridgehead atoms. The molecule has 0 atom stereocenters. The summed E-state index contributed by atoms with van der Waals surface area (Å²) in [5.41, 5.74) is 15.2. The molecule has 0 saturated carbocycles. The van der Waals surface area contributed by atoms with Gasteiger partial charge in [-0.3, -0.25) is 0 Å². The summed E-state index contributed by atoms with van der Waals surface area (Å²) in [5.74, 6) is 0. The molecule has 1 aliphatic carbocycles. The maximum absolute atomic E-state index is 2.49. The zero-order valence-electron chi connectivity index (χ0n) is 29.9. The summed E-state index contributed by atoms with van der Waals surface area (Å²) in [6, 6.07) is 58.5. The van der Waals surface area contributed by atoms with E-state index in [1.807, 2.05) is 11.3 Å². The van der Waals surface area contributed by atoms with E-state index in [0.717, 1.165) is 17.1 Å². The van der Waals surface area contributed by atoms with Crippen LogP contribution in [0.2, 0.25) is 0 Å². The summed E-state index contributed by atoms with van der Waals surface area (Å²) >= 11 is 1.86. The third-order valence-corrected chi connectivity index (χ3v) is 12.0. The van der Waals surface area contributed by atoms with E-state index >= 15 is 0 Å². The van der Waals surface area contributed by atoms with Crippen LogP contribution in [0.3, 0.4) is 0 Å². The van der Waals surface area contributed by atoms with Gasteiger partial charge in [0.1, 0.15) is 0 Å². The number of hydrogen-bond acceptors (Lipinski definition) is 2. The summed E-state index contributed by atoms with van der Waals surface area (Å²) in [7, 11) is 0. The fraction of sp³-hybridized carbons (Fsp3) is 0.143. The van der Waals surface area contributed by atoms with Crippen LogP contribution in [0, 0.1) is 0 Å². The number of anilines is 3. The number of nitrogens with zero attached hydrogens (tertiary/aromatic N) is 1. The summed E-state index contributed by atoms with van der Waals surface area (Å²) in [6.45, 7) is 11.7. The largest absolute Gasteiger partial charge is 0.309 e. The number of para-hydroxylation sites is 2. The lowest BCUT2D eigenvalue weighted by Gasteiger charge is -2.30. The summed E-state index contributed by atoms with van der Waals surface area (Å²) in [6.07, 6.45) is 0. The maximum Gasteiger partial charge on any atom is 0.0540 e. The van der Waals surface area contributed by atoms with Crippen LogP contribution < -0.4 is 4.90 Å². The minimum atomic E-state index is -0.110. The maximum atomic E-state index is 2.49. The topological polar surface area (TPSA) is 3.24 Å². The molecule has 1 aliphatic rings. The van der Waals surface area contributed by atoms with Crippen molar-refractivity contribution in [2.45, 2.75) is 45.4 Å². The van der Waals surface area contributed by atoms with Gasteiger partial charge in [-0.25, -0.2) is 0 Å². The van der Waals surface area contributed by atoms with Crippen molar-refractivity contribution in [1.29, 1.82) is 0 Å². The molecule has 1 heterocycles. The van der Waals surface area contributed by atoms with Gasteiger partial charge in [-0.15, -0.1) is 11.3 Å². The van der Waals surface area contributed by atoms with Crippen molar-refractivity contribution < 1.29 is 0 Å². The molecule has 51 heavy (non-hydrogen) atoms. The Morgan fingerprint density at radius 1 is 0.490 bits per heavy atom. The highest BCUT2D eigenvalue weighted by Crippen LogP contribution is 2.55. The molecular weight excluding hydrogens is 635 g/mol. The monoisotopic (exact) mass is 675 g/mol. The van der Waals surface area contributed by atoms with Crippen LogP contribution in [0.1, 0.15) is 51.3 Å². The lowest BCUT2D eigenvalue weighted by atomic mass is 9.79. The van der Waals surface area contributed by atoms with Gasteiger partial charge in [-0.1, -0.05) is 156 Å². The van der Waals surface area contributed by atoms with E-state index in [9.17, 15) is 0 Å². The van der Waals surface area contributed by atoms with Crippen molar-refractivity contribution in [2.24, 2.45) is 0 Å². The Balaban J connectivity index is 1.31. The standard InChI is InChI=1S/C49H41NS/c1-48(2,3)33-26-28-39-42(30-33)49(4,5)41-22-15-21-38(47(39)41)36-19-10-13-24-44(36)50(43-23-12-9-18-35(43)32-16-7-6-8-17-32)34-27-29-46-40(31-34)37-20-11-14-25-45(37)51-46/h6-31H,1-5H3. The van der Waals surface area contributed by atoms with Crippen LogP contribution in [-0.2, 0) is 10.8 Å². The van der Waals surface area contributed by atoms with Crippen molar-refractivity contribution in [3.8, 4) is 33.4 Å². The quantitative estimate of drug-likeness (QED) is 0.175. The third-order valence-electron chi connectivity index (χ3n) is 10.8. The summed E-state index contributed by atoms with van der Waals surface area (Å²) in [5, 5.41) is 2.59. The minimum Gasteiger partial charge on any atom is -0.309 e. The molecule has 1 aromatic heterocycles.